The standard InChI is InChI=1S/C12H15ClO/c13-11-4-2-10(3-5-11)12(8-9-14)6-1-7-12/h2-5,14H,1,6-9H2. The van der Waals surface area contributed by atoms with E-state index >= 15 is 0 Å². The Morgan fingerprint density at radius 1 is 1.21 bits per heavy atom. The van der Waals surface area contributed by atoms with Crippen molar-refractivity contribution in [2.24, 2.45) is 0 Å². The number of benzene rings is 1. The molecule has 2 rings (SSSR count). The van der Waals surface area contributed by atoms with E-state index in [2.05, 4.69) is 12.1 Å². The third-order valence-corrected chi connectivity index (χ3v) is 3.61. The van der Waals surface area contributed by atoms with Gasteiger partial charge in [-0.25, -0.2) is 0 Å². The molecule has 0 atom stereocenters. The van der Waals surface area contributed by atoms with E-state index in [-0.39, 0.29) is 12.0 Å². The van der Waals surface area contributed by atoms with Gasteiger partial charge in [-0.2, -0.15) is 0 Å². The molecular weight excluding hydrogens is 196 g/mol. The minimum atomic E-state index is 0.249. The highest BCUT2D eigenvalue weighted by Crippen LogP contribution is 2.46. The van der Waals surface area contributed by atoms with Gasteiger partial charge in [-0.05, 0) is 42.4 Å². The molecule has 1 nitrogen and oxygen atoms in total. The summed E-state index contributed by atoms with van der Waals surface area (Å²) in [4.78, 5) is 0. The van der Waals surface area contributed by atoms with Crippen molar-refractivity contribution in [3.8, 4) is 0 Å². The van der Waals surface area contributed by atoms with Crippen LogP contribution in [0.4, 0.5) is 0 Å². The fourth-order valence-corrected chi connectivity index (χ4v) is 2.43. The summed E-state index contributed by atoms with van der Waals surface area (Å²) in [6.45, 7) is 0.280. The fourth-order valence-electron chi connectivity index (χ4n) is 2.30. The predicted molar refractivity (Wildman–Crippen MR) is 58.7 cm³/mol. The largest absolute Gasteiger partial charge is 0.396 e. The second-order valence-electron chi connectivity index (χ2n) is 4.11. The molecule has 0 aromatic heterocycles. The molecule has 0 aliphatic heterocycles. The average Bonchev–Trinajstić information content (AvgIpc) is 2.13. The first kappa shape index (κ1) is 10.0. The van der Waals surface area contributed by atoms with Crippen LogP contribution in [0.15, 0.2) is 24.3 Å². The maximum Gasteiger partial charge on any atom is 0.0439 e. The molecule has 1 aliphatic carbocycles. The minimum absolute atomic E-state index is 0.249. The molecule has 1 saturated carbocycles. The van der Waals surface area contributed by atoms with E-state index in [0.29, 0.717) is 0 Å². The van der Waals surface area contributed by atoms with E-state index in [1.807, 2.05) is 12.1 Å². The Morgan fingerprint density at radius 3 is 2.29 bits per heavy atom. The van der Waals surface area contributed by atoms with Crippen molar-refractivity contribution in [2.75, 3.05) is 6.61 Å². The van der Waals surface area contributed by atoms with Gasteiger partial charge < -0.3 is 5.11 Å². The molecular formula is C12H15ClO. The summed E-state index contributed by atoms with van der Waals surface area (Å²) in [7, 11) is 0. The van der Waals surface area contributed by atoms with Crippen LogP contribution >= 0.6 is 11.6 Å². The summed E-state index contributed by atoms with van der Waals surface area (Å²) < 4.78 is 0. The van der Waals surface area contributed by atoms with Crippen LogP contribution in [0.2, 0.25) is 5.02 Å². The Balaban J connectivity index is 2.23. The van der Waals surface area contributed by atoms with E-state index in [1.54, 1.807) is 0 Å². The Bertz CT molecular complexity index is 301. The van der Waals surface area contributed by atoms with Crippen molar-refractivity contribution < 1.29 is 5.11 Å². The highest BCUT2D eigenvalue weighted by molar-refractivity contribution is 6.30. The van der Waals surface area contributed by atoms with E-state index in [4.69, 9.17) is 16.7 Å². The number of halogens is 1. The Morgan fingerprint density at radius 2 is 1.86 bits per heavy atom. The zero-order valence-corrected chi connectivity index (χ0v) is 8.93. The normalized spacial score (nSPS) is 19.0. The van der Waals surface area contributed by atoms with Gasteiger partial charge in [-0.15, -0.1) is 0 Å². The van der Waals surface area contributed by atoms with Gasteiger partial charge in [0, 0.05) is 11.6 Å². The third-order valence-electron chi connectivity index (χ3n) is 3.36. The van der Waals surface area contributed by atoms with Gasteiger partial charge in [0.2, 0.25) is 0 Å². The van der Waals surface area contributed by atoms with Gasteiger partial charge in [0.1, 0.15) is 0 Å². The Kier molecular flexibility index (Phi) is 2.80. The van der Waals surface area contributed by atoms with E-state index in [9.17, 15) is 0 Å². The van der Waals surface area contributed by atoms with Crippen LogP contribution in [-0.4, -0.2) is 11.7 Å². The summed E-state index contributed by atoms with van der Waals surface area (Å²) >= 11 is 5.85. The summed E-state index contributed by atoms with van der Waals surface area (Å²) in [5, 5.41) is 9.84. The van der Waals surface area contributed by atoms with Gasteiger partial charge in [0.05, 0.1) is 0 Å². The molecule has 1 aromatic carbocycles. The molecule has 0 unspecified atom stereocenters. The molecule has 0 amide bonds. The molecule has 0 spiro atoms. The number of aliphatic hydroxyl groups is 1. The van der Waals surface area contributed by atoms with Crippen molar-refractivity contribution in [1.82, 2.24) is 0 Å². The van der Waals surface area contributed by atoms with E-state index < -0.39 is 0 Å². The lowest BCUT2D eigenvalue weighted by Crippen LogP contribution is -2.35. The molecule has 1 N–H and O–H groups in total. The van der Waals surface area contributed by atoms with Crippen LogP contribution in [-0.2, 0) is 5.41 Å². The van der Waals surface area contributed by atoms with Crippen LogP contribution in [0.1, 0.15) is 31.2 Å². The van der Waals surface area contributed by atoms with Gasteiger partial charge in [-0.1, -0.05) is 30.2 Å². The monoisotopic (exact) mass is 210 g/mol. The van der Waals surface area contributed by atoms with E-state index in [0.717, 1.165) is 11.4 Å². The van der Waals surface area contributed by atoms with Gasteiger partial charge in [0.25, 0.3) is 0 Å². The highest BCUT2D eigenvalue weighted by Gasteiger charge is 2.37. The molecule has 1 aromatic rings. The average molecular weight is 211 g/mol. The Hall–Kier alpha value is -0.530. The maximum absolute atomic E-state index is 9.06. The predicted octanol–water partition coefficient (Wildman–Crippen LogP) is 3.14. The van der Waals surface area contributed by atoms with Crippen LogP contribution < -0.4 is 0 Å². The van der Waals surface area contributed by atoms with Crippen molar-refractivity contribution in [3.63, 3.8) is 0 Å². The lowest BCUT2D eigenvalue weighted by Gasteiger charge is -2.42. The molecule has 2 heteroatoms. The molecule has 14 heavy (non-hydrogen) atoms. The third kappa shape index (κ3) is 1.67. The van der Waals surface area contributed by atoms with Crippen LogP contribution in [0.25, 0.3) is 0 Å². The molecule has 1 fully saturated rings. The zero-order chi connectivity index (χ0) is 10.0. The quantitative estimate of drug-likeness (QED) is 0.813. The zero-order valence-electron chi connectivity index (χ0n) is 8.17. The summed E-state index contributed by atoms with van der Waals surface area (Å²) in [6, 6.07) is 8.07. The first-order valence-corrected chi connectivity index (χ1v) is 5.52. The van der Waals surface area contributed by atoms with Gasteiger partial charge >= 0.3 is 0 Å². The lowest BCUT2D eigenvalue weighted by molar-refractivity contribution is 0.167. The van der Waals surface area contributed by atoms with Crippen molar-refractivity contribution in [3.05, 3.63) is 34.9 Å². The van der Waals surface area contributed by atoms with Crippen LogP contribution in [0, 0.1) is 0 Å². The second-order valence-corrected chi connectivity index (χ2v) is 4.55. The molecule has 0 bridgehead atoms. The van der Waals surface area contributed by atoms with Gasteiger partial charge in [-0.3, -0.25) is 0 Å². The van der Waals surface area contributed by atoms with E-state index in [1.165, 1.54) is 24.8 Å². The Labute approximate surface area is 89.7 Å². The SMILES string of the molecule is OCCC1(c2ccc(Cl)cc2)CCC1. The highest BCUT2D eigenvalue weighted by atomic mass is 35.5. The molecule has 76 valence electrons. The molecule has 0 heterocycles. The second kappa shape index (κ2) is 3.92. The summed E-state index contributed by atoms with van der Waals surface area (Å²) in [5.41, 5.74) is 1.58. The molecule has 0 saturated heterocycles. The number of hydrogen-bond donors (Lipinski definition) is 1. The molecule has 1 aliphatic rings. The first-order valence-electron chi connectivity index (χ1n) is 5.14. The lowest BCUT2D eigenvalue weighted by atomic mass is 9.63. The van der Waals surface area contributed by atoms with Crippen molar-refractivity contribution in [1.29, 1.82) is 0 Å². The van der Waals surface area contributed by atoms with Gasteiger partial charge in [0.15, 0.2) is 0 Å². The first-order chi connectivity index (χ1) is 6.77. The van der Waals surface area contributed by atoms with Crippen LogP contribution in [0.5, 0.6) is 0 Å². The fraction of sp³-hybridized carbons (Fsp3) is 0.500. The van der Waals surface area contributed by atoms with Crippen molar-refractivity contribution in [2.45, 2.75) is 31.1 Å². The maximum atomic E-state index is 9.06. The molecule has 0 radical (unpaired) electrons. The smallest absolute Gasteiger partial charge is 0.0439 e. The topological polar surface area (TPSA) is 20.2 Å². The summed E-state index contributed by atoms with van der Waals surface area (Å²) in [5.74, 6) is 0. The number of rotatable bonds is 3. The number of aliphatic hydroxyl groups excluding tert-OH is 1. The summed E-state index contributed by atoms with van der Waals surface area (Å²) in [6.07, 6.45) is 4.57. The minimum Gasteiger partial charge on any atom is -0.396 e. The number of hydrogen-bond acceptors (Lipinski definition) is 1. The van der Waals surface area contributed by atoms with Crippen molar-refractivity contribution >= 4 is 11.6 Å². The van der Waals surface area contributed by atoms with Crippen LogP contribution in [0.3, 0.4) is 0 Å².